The molecule has 7 heteroatoms. The van der Waals surface area contributed by atoms with E-state index in [0.717, 1.165) is 0 Å². The maximum atomic E-state index is 12.7. The lowest BCUT2D eigenvalue weighted by Crippen LogP contribution is -2.69. The van der Waals surface area contributed by atoms with Crippen molar-refractivity contribution in [3.8, 4) is 0 Å². The maximum Gasteiger partial charge on any atom is 0.248 e. The lowest BCUT2D eigenvalue weighted by molar-refractivity contribution is -0.154. The largest absolute Gasteiger partial charge is 0.340 e. The predicted molar refractivity (Wildman–Crippen MR) is 75.4 cm³/mol. The Kier molecular flexibility index (Phi) is 4.29. The molecule has 0 spiro atoms. The van der Waals surface area contributed by atoms with Crippen LogP contribution in [0.5, 0.6) is 0 Å². The molecule has 7 nitrogen and oxygen atoms in total. The van der Waals surface area contributed by atoms with E-state index in [2.05, 4.69) is 15.5 Å². The number of piperazine rings is 1. The van der Waals surface area contributed by atoms with Crippen LogP contribution in [0.4, 0.5) is 0 Å². The highest BCUT2D eigenvalue weighted by Gasteiger charge is 2.47. The fourth-order valence-electron chi connectivity index (χ4n) is 2.67. The van der Waals surface area contributed by atoms with E-state index in [-0.39, 0.29) is 11.8 Å². The van der Waals surface area contributed by atoms with Crippen LogP contribution < -0.4 is 5.32 Å². The minimum atomic E-state index is -0.783. The van der Waals surface area contributed by atoms with Crippen LogP contribution in [0.3, 0.4) is 0 Å². The monoisotopic (exact) mass is 294 g/mol. The number of aryl methyl sites for hydroxylation is 1. The van der Waals surface area contributed by atoms with E-state index in [1.165, 1.54) is 0 Å². The molecule has 0 bridgehead atoms. The first-order valence-electron chi connectivity index (χ1n) is 7.35. The second-order valence-corrected chi connectivity index (χ2v) is 5.44. The fourth-order valence-corrected chi connectivity index (χ4v) is 2.67. The summed E-state index contributed by atoms with van der Waals surface area (Å²) >= 11 is 0. The first-order chi connectivity index (χ1) is 9.93. The maximum absolute atomic E-state index is 12.7. The quantitative estimate of drug-likeness (QED) is 0.869. The van der Waals surface area contributed by atoms with Crippen molar-refractivity contribution in [3.63, 3.8) is 0 Å². The lowest BCUT2D eigenvalue weighted by atomic mass is 9.87. The van der Waals surface area contributed by atoms with E-state index in [4.69, 9.17) is 4.52 Å². The zero-order valence-corrected chi connectivity index (χ0v) is 13.0. The first-order valence-corrected chi connectivity index (χ1v) is 7.35. The summed E-state index contributed by atoms with van der Waals surface area (Å²) in [6, 6.07) is -0.479. The third-order valence-electron chi connectivity index (χ3n) is 4.22. The van der Waals surface area contributed by atoms with Gasteiger partial charge in [0.25, 0.3) is 0 Å². The van der Waals surface area contributed by atoms with Gasteiger partial charge in [0.1, 0.15) is 11.6 Å². The molecule has 1 saturated heterocycles. The Balaban J connectivity index is 2.15. The van der Waals surface area contributed by atoms with Crippen LogP contribution in [0, 0.1) is 6.92 Å². The van der Waals surface area contributed by atoms with Crippen LogP contribution in [0.25, 0.3) is 0 Å². The van der Waals surface area contributed by atoms with Crippen molar-refractivity contribution >= 4 is 11.8 Å². The molecule has 116 valence electrons. The number of carbonyl (C=O) groups is 2. The van der Waals surface area contributed by atoms with Crippen molar-refractivity contribution in [2.24, 2.45) is 0 Å². The third-order valence-corrected chi connectivity index (χ3v) is 4.22. The second kappa shape index (κ2) is 5.83. The summed E-state index contributed by atoms with van der Waals surface area (Å²) < 4.78 is 5.06. The molecule has 2 amide bonds. The summed E-state index contributed by atoms with van der Waals surface area (Å²) in [5, 5.41) is 6.60. The fraction of sp³-hybridized carbons (Fsp3) is 0.714. The van der Waals surface area contributed by atoms with Crippen LogP contribution in [0.1, 0.15) is 45.3 Å². The molecule has 1 aliphatic heterocycles. The molecule has 1 aromatic heterocycles. The normalized spacial score (nSPS) is 21.5. The van der Waals surface area contributed by atoms with Crippen molar-refractivity contribution in [2.75, 3.05) is 6.54 Å². The van der Waals surface area contributed by atoms with Gasteiger partial charge >= 0.3 is 0 Å². The van der Waals surface area contributed by atoms with Crippen molar-refractivity contribution in [1.29, 1.82) is 0 Å². The van der Waals surface area contributed by atoms with Gasteiger partial charge in [0.05, 0.1) is 0 Å². The van der Waals surface area contributed by atoms with Crippen LogP contribution >= 0.6 is 0 Å². The second-order valence-electron chi connectivity index (χ2n) is 5.44. The Bertz CT molecular complexity index is 536. The van der Waals surface area contributed by atoms with Gasteiger partial charge in [-0.2, -0.15) is 4.98 Å². The average molecular weight is 294 g/mol. The zero-order chi connectivity index (χ0) is 15.6. The number of hydrogen-bond donors (Lipinski definition) is 1. The van der Waals surface area contributed by atoms with Crippen molar-refractivity contribution in [3.05, 3.63) is 11.7 Å². The molecule has 1 aliphatic rings. The molecule has 0 aliphatic carbocycles. The van der Waals surface area contributed by atoms with Gasteiger partial charge < -0.3 is 14.7 Å². The van der Waals surface area contributed by atoms with Crippen LogP contribution in [0.15, 0.2) is 4.52 Å². The van der Waals surface area contributed by atoms with Gasteiger partial charge in [0.15, 0.2) is 5.82 Å². The Labute approximate surface area is 124 Å². The summed E-state index contributed by atoms with van der Waals surface area (Å²) in [7, 11) is 0. The molecule has 0 aromatic carbocycles. The average Bonchev–Trinajstić information content (AvgIpc) is 2.89. The number of carbonyl (C=O) groups excluding carboxylic acids is 2. The predicted octanol–water partition coefficient (Wildman–Crippen LogP) is 0.826. The molecule has 1 aromatic rings. The minimum Gasteiger partial charge on any atom is -0.340 e. The highest BCUT2D eigenvalue weighted by molar-refractivity contribution is 5.99. The van der Waals surface area contributed by atoms with Gasteiger partial charge in [-0.05, 0) is 26.7 Å². The van der Waals surface area contributed by atoms with E-state index in [0.29, 0.717) is 37.5 Å². The molecule has 1 atom stereocenters. The molecule has 1 N–H and O–H groups in total. The minimum absolute atomic E-state index is 0.0316. The first kappa shape index (κ1) is 15.5. The molecule has 0 radical (unpaired) electrons. The summed E-state index contributed by atoms with van der Waals surface area (Å²) in [6.07, 6.45) is 1.61. The summed E-state index contributed by atoms with van der Waals surface area (Å²) in [6.45, 7) is 7.71. The molecule has 1 fully saturated rings. The van der Waals surface area contributed by atoms with E-state index >= 15 is 0 Å². The Morgan fingerprint density at radius 3 is 2.52 bits per heavy atom. The number of rotatable bonds is 5. The lowest BCUT2D eigenvalue weighted by Gasteiger charge is -2.44. The Hall–Kier alpha value is -1.92. The summed E-state index contributed by atoms with van der Waals surface area (Å²) in [5.41, 5.74) is -0.783. The van der Waals surface area contributed by atoms with Crippen LogP contribution in [-0.2, 0) is 16.0 Å². The third kappa shape index (κ3) is 2.77. The van der Waals surface area contributed by atoms with Crippen molar-refractivity contribution in [1.82, 2.24) is 20.4 Å². The van der Waals surface area contributed by atoms with Gasteiger partial charge in [-0.25, -0.2) is 0 Å². The van der Waals surface area contributed by atoms with Crippen molar-refractivity contribution < 1.29 is 14.1 Å². The topological polar surface area (TPSA) is 88.3 Å². The smallest absolute Gasteiger partial charge is 0.248 e. The van der Waals surface area contributed by atoms with Gasteiger partial charge in [-0.15, -0.1) is 0 Å². The van der Waals surface area contributed by atoms with Gasteiger partial charge in [-0.1, -0.05) is 19.0 Å². The van der Waals surface area contributed by atoms with E-state index < -0.39 is 11.6 Å². The zero-order valence-electron chi connectivity index (χ0n) is 13.0. The Morgan fingerprint density at radius 2 is 2.00 bits per heavy atom. The molecule has 21 heavy (non-hydrogen) atoms. The van der Waals surface area contributed by atoms with Gasteiger partial charge in [0.2, 0.25) is 17.7 Å². The number of amides is 2. The summed E-state index contributed by atoms with van der Waals surface area (Å²) in [5.74, 6) is 0.908. The van der Waals surface area contributed by atoms with Crippen LogP contribution in [-0.4, -0.2) is 45.0 Å². The van der Waals surface area contributed by atoms with Crippen molar-refractivity contribution in [2.45, 2.75) is 58.5 Å². The number of hydrogen-bond acceptors (Lipinski definition) is 5. The van der Waals surface area contributed by atoms with E-state index in [9.17, 15) is 9.59 Å². The molecule has 2 rings (SSSR count). The number of nitrogens with one attached hydrogen (secondary N) is 1. The SMILES string of the molecule is CCC1(CC)NC(=O)C(C)N(CCc2nc(C)no2)C1=O. The summed E-state index contributed by atoms with van der Waals surface area (Å²) in [4.78, 5) is 30.6. The van der Waals surface area contributed by atoms with Crippen LogP contribution in [0.2, 0.25) is 0 Å². The Morgan fingerprint density at radius 1 is 1.33 bits per heavy atom. The highest BCUT2D eigenvalue weighted by atomic mass is 16.5. The molecule has 0 saturated carbocycles. The highest BCUT2D eigenvalue weighted by Crippen LogP contribution is 2.25. The number of nitrogens with zero attached hydrogens (tertiary/aromatic N) is 3. The van der Waals surface area contributed by atoms with E-state index in [1.54, 1.807) is 18.7 Å². The van der Waals surface area contributed by atoms with E-state index in [1.807, 2.05) is 13.8 Å². The van der Waals surface area contributed by atoms with Gasteiger partial charge in [0, 0.05) is 13.0 Å². The molecule has 2 heterocycles. The van der Waals surface area contributed by atoms with Gasteiger partial charge in [-0.3, -0.25) is 9.59 Å². The standard InChI is InChI=1S/C14H22N4O3/c1-5-14(6-2)13(20)18(9(3)12(19)16-14)8-7-11-15-10(4)17-21-11/h9H,5-8H2,1-4H3,(H,16,19). The number of aromatic nitrogens is 2. The molecule has 1 unspecified atom stereocenters. The molecular formula is C14H22N4O3. The molecular weight excluding hydrogens is 272 g/mol.